The van der Waals surface area contributed by atoms with Gasteiger partial charge in [0.05, 0.1) is 6.61 Å². The fourth-order valence-electron chi connectivity index (χ4n) is 6.40. The standard InChI is InChI=1S/C40H75O13P/c1-3-5-7-9-11-13-14-15-16-17-18-19-20-21-23-24-26-28-33(41)50-30-32(52-34(42)29-27-25-22-12-10-8-6-4-2)31-51-54(48,49)53-40-38(46)36(44)35(43)37(45)39(40)47/h13-14,32,35-40,43-47H,3-12,15-31H2,1-2H3,(H,48,49)/b14-13+/t32-,35?,36-,37?,38?,39?,40?/m0/s1. The zero-order valence-corrected chi connectivity index (χ0v) is 34.2. The molecule has 0 saturated heterocycles. The summed E-state index contributed by atoms with van der Waals surface area (Å²) >= 11 is 0. The molecule has 6 unspecified atom stereocenters. The Kier molecular flexibility index (Phi) is 29.7. The first-order valence-electron chi connectivity index (χ1n) is 21.0. The van der Waals surface area contributed by atoms with E-state index in [1.807, 2.05) is 0 Å². The van der Waals surface area contributed by atoms with Gasteiger partial charge in [-0.3, -0.25) is 18.6 Å². The van der Waals surface area contributed by atoms with Crippen molar-refractivity contribution >= 4 is 19.8 Å². The van der Waals surface area contributed by atoms with Crippen LogP contribution < -0.4 is 0 Å². The van der Waals surface area contributed by atoms with Gasteiger partial charge in [0.25, 0.3) is 0 Å². The van der Waals surface area contributed by atoms with Crippen LogP contribution in [0.1, 0.15) is 174 Å². The topological polar surface area (TPSA) is 210 Å². The minimum absolute atomic E-state index is 0.0991. The van der Waals surface area contributed by atoms with Crippen LogP contribution in [0.25, 0.3) is 0 Å². The zero-order valence-electron chi connectivity index (χ0n) is 33.3. The van der Waals surface area contributed by atoms with Crippen molar-refractivity contribution in [3.63, 3.8) is 0 Å². The predicted molar refractivity (Wildman–Crippen MR) is 207 cm³/mol. The van der Waals surface area contributed by atoms with Gasteiger partial charge in [-0.2, -0.15) is 0 Å². The number of carbonyl (C=O) groups excluding carboxylic acids is 2. The van der Waals surface area contributed by atoms with Crippen LogP contribution in [0.2, 0.25) is 0 Å². The molecule has 1 rings (SSSR count). The lowest BCUT2D eigenvalue weighted by atomic mass is 9.85. The number of rotatable bonds is 34. The first kappa shape index (κ1) is 50.6. The number of phosphoric ester groups is 1. The molecule has 1 fully saturated rings. The van der Waals surface area contributed by atoms with Crippen molar-refractivity contribution in [1.29, 1.82) is 0 Å². The summed E-state index contributed by atoms with van der Waals surface area (Å²) in [7, 11) is -5.10. The molecule has 1 aliphatic rings. The van der Waals surface area contributed by atoms with Gasteiger partial charge in [0.1, 0.15) is 43.2 Å². The van der Waals surface area contributed by atoms with Crippen LogP contribution in [0.15, 0.2) is 12.2 Å². The minimum Gasteiger partial charge on any atom is -0.462 e. The van der Waals surface area contributed by atoms with Crippen LogP contribution in [-0.4, -0.2) is 98.3 Å². The third-order valence-electron chi connectivity index (χ3n) is 9.86. The highest BCUT2D eigenvalue weighted by atomic mass is 31.2. The Labute approximate surface area is 324 Å². The van der Waals surface area contributed by atoms with Crippen LogP contribution in [-0.2, 0) is 32.7 Å². The lowest BCUT2D eigenvalue weighted by Gasteiger charge is -2.41. The second kappa shape index (κ2) is 31.6. The normalized spacial score (nSPS) is 23.3. The lowest BCUT2D eigenvalue weighted by molar-refractivity contribution is -0.220. The highest BCUT2D eigenvalue weighted by molar-refractivity contribution is 7.47. The summed E-state index contributed by atoms with van der Waals surface area (Å²) in [5.74, 6) is -1.10. The maximum absolute atomic E-state index is 12.7. The molecule has 0 aromatic heterocycles. The van der Waals surface area contributed by atoms with Gasteiger partial charge in [-0.25, -0.2) is 4.57 Å². The molecular formula is C40H75O13P. The Morgan fingerprint density at radius 3 is 1.43 bits per heavy atom. The number of phosphoric acid groups is 1. The second-order valence-electron chi connectivity index (χ2n) is 14.8. The van der Waals surface area contributed by atoms with E-state index in [1.54, 1.807) is 0 Å². The molecule has 0 aliphatic heterocycles. The Hall–Kier alpha value is -1.41. The third kappa shape index (κ3) is 24.3. The van der Waals surface area contributed by atoms with Crippen LogP contribution in [0.3, 0.4) is 0 Å². The van der Waals surface area contributed by atoms with E-state index in [4.69, 9.17) is 18.5 Å². The molecule has 8 atom stereocenters. The van der Waals surface area contributed by atoms with Gasteiger partial charge in [-0.15, -0.1) is 0 Å². The third-order valence-corrected chi connectivity index (χ3v) is 10.8. The molecule has 0 bridgehead atoms. The Balaban J connectivity index is 2.44. The fraction of sp³-hybridized carbons (Fsp3) is 0.900. The first-order valence-corrected chi connectivity index (χ1v) is 22.5. The molecule has 0 heterocycles. The lowest BCUT2D eigenvalue weighted by Crippen LogP contribution is -2.64. The van der Waals surface area contributed by atoms with Crippen molar-refractivity contribution in [3.8, 4) is 0 Å². The van der Waals surface area contributed by atoms with Crippen molar-refractivity contribution in [3.05, 3.63) is 12.2 Å². The summed E-state index contributed by atoms with van der Waals surface area (Å²) in [5.41, 5.74) is 0. The summed E-state index contributed by atoms with van der Waals surface area (Å²) in [6, 6.07) is 0. The molecule has 54 heavy (non-hydrogen) atoms. The predicted octanol–water partition coefficient (Wildman–Crippen LogP) is 7.11. The van der Waals surface area contributed by atoms with Gasteiger partial charge < -0.3 is 39.9 Å². The SMILES string of the molecule is CCCCCC/C=C/CCCCCCCCCCCC(=O)OC[C@@H](COP(=O)(O)OC1C(O)C(O)C(O)[C@H](O)C1O)OC(=O)CCCCCCCCCC. The molecule has 1 aliphatic carbocycles. The molecule has 1 saturated carbocycles. The fourth-order valence-corrected chi connectivity index (χ4v) is 7.37. The van der Waals surface area contributed by atoms with Gasteiger partial charge in [0.15, 0.2) is 6.10 Å². The van der Waals surface area contributed by atoms with Gasteiger partial charge in [-0.1, -0.05) is 135 Å². The molecule has 0 aromatic carbocycles. The summed E-state index contributed by atoms with van der Waals surface area (Å²) in [4.78, 5) is 35.4. The number of hydrogen-bond donors (Lipinski definition) is 6. The van der Waals surface area contributed by atoms with Crippen LogP contribution in [0.4, 0.5) is 0 Å². The smallest absolute Gasteiger partial charge is 0.462 e. The number of unbranched alkanes of at least 4 members (excludes halogenated alkanes) is 20. The molecule has 0 radical (unpaired) electrons. The number of aliphatic hydroxyl groups excluding tert-OH is 5. The summed E-state index contributed by atoms with van der Waals surface area (Å²) in [6.07, 6.45) is 17.3. The monoisotopic (exact) mass is 794 g/mol. The average Bonchev–Trinajstić information content (AvgIpc) is 3.15. The summed E-state index contributed by atoms with van der Waals surface area (Å²) < 4.78 is 33.3. The largest absolute Gasteiger partial charge is 0.472 e. The van der Waals surface area contributed by atoms with E-state index < -0.39 is 75.7 Å². The number of carbonyl (C=O) groups is 2. The summed E-state index contributed by atoms with van der Waals surface area (Å²) in [6.45, 7) is 3.23. The van der Waals surface area contributed by atoms with Crippen molar-refractivity contribution in [1.82, 2.24) is 0 Å². The maximum atomic E-state index is 12.7. The number of ether oxygens (including phenoxy) is 2. The van der Waals surface area contributed by atoms with Gasteiger partial charge >= 0.3 is 19.8 Å². The maximum Gasteiger partial charge on any atom is 0.472 e. The van der Waals surface area contributed by atoms with Crippen molar-refractivity contribution in [2.24, 2.45) is 0 Å². The second-order valence-corrected chi connectivity index (χ2v) is 16.3. The highest BCUT2D eigenvalue weighted by Crippen LogP contribution is 2.47. The van der Waals surface area contributed by atoms with Crippen molar-refractivity contribution in [2.75, 3.05) is 13.2 Å². The van der Waals surface area contributed by atoms with Gasteiger partial charge in [0, 0.05) is 12.8 Å². The quantitative estimate of drug-likeness (QED) is 0.0166. The van der Waals surface area contributed by atoms with E-state index in [2.05, 4.69) is 26.0 Å². The first-order chi connectivity index (χ1) is 25.9. The van der Waals surface area contributed by atoms with Crippen LogP contribution >= 0.6 is 7.82 Å². The number of aliphatic hydroxyl groups is 5. The molecule has 6 N–H and O–H groups in total. The number of allylic oxidation sites excluding steroid dienone is 2. The Bertz CT molecular complexity index is 1010. The Morgan fingerprint density at radius 2 is 0.944 bits per heavy atom. The molecular weight excluding hydrogens is 719 g/mol. The molecule has 0 aromatic rings. The molecule has 13 nitrogen and oxygen atoms in total. The van der Waals surface area contributed by atoms with E-state index in [9.17, 15) is 44.6 Å². The molecule has 318 valence electrons. The molecule has 0 amide bonds. The molecule has 14 heteroatoms. The van der Waals surface area contributed by atoms with Crippen molar-refractivity contribution in [2.45, 2.75) is 217 Å². The van der Waals surface area contributed by atoms with Crippen LogP contribution in [0.5, 0.6) is 0 Å². The van der Waals surface area contributed by atoms with Crippen LogP contribution in [0, 0.1) is 0 Å². The zero-order chi connectivity index (χ0) is 40.0. The van der Waals surface area contributed by atoms with Crippen molar-refractivity contribution < 1.29 is 63.1 Å². The highest BCUT2D eigenvalue weighted by Gasteiger charge is 2.51. The van der Waals surface area contributed by atoms with E-state index in [-0.39, 0.29) is 12.8 Å². The van der Waals surface area contributed by atoms with Gasteiger partial charge in [0.2, 0.25) is 0 Å². The van der Waals surface area contributed by atoms with E-state index >= 15 is 0 Å². The van der Waals surface area contributed by atoms with Gasteiger partial charge in [-0.05, 0) is 38.5 Å². The molecule has 0 spiro atoms. The minimum atomic E-state index is -5.10. The Morgan fingerprint density at radius 1 is 0.556 bits per heavy atom. The van der Waals surface area contributed by atoms with E-state index in [1.165, 1.54) is 83.5 Å². The average molecular weight is 795 g/mol. The van der Waals surface area contributed by atoms with E-state index in [0.29, 0.717) is 12.8 Å². The summed E-state index contributed by atoms with van der Waals surface area (Å²) in [5, 5.41) is 49.9. The number of esters is 2. The number of hydrogen-bond acceptors (Lipinski definition) is 12. The van der Waals surface area contributed by atoms with E-state index in [0.717, 1.165) is 51.4 Å².